The van der Waals surface area contributed by atoms with Gasteiger partial charge in [0.05, 0.1) is 19.3 Å². The van der Waals surface area contributed by atoms with Crippen LogP contribution in [0, 0.1) is 5.41 Å². The Balaban J connectivity index is 1.93. The topological polar surface area (TPSA) is 59.6 Å². The molecule has 3 atom stereocenters. The van der Waals surface area contributed by atoms with E-state index < -0.39 is 0 Å². The molecular formula is C14H26N2O3. The molecule has 1 amide bonds. The molecule has 2 N–H and O–H groups in total. The summed E-state index contributed by atoms with van der Waals surface area (Å²) in [6, 6.07) is 0.0189. The number of carbonyl (C=O) groups excluding carboxylic acids is 1. The van der Waals surface area contributed by atoms with Crippen molar-refractivity contribution in [2.24, 2.45) is 5.41 Å². The van der Waals surface area contributed by atoms with Gasteiger partial charge >= 0.3 is 0 Å². The Morgan fingerprint density at radius 1 is 1.47 bits per heavy atom. The highest BCUT2D eigenvalue weighted by Gasteiger charge is 2.53. The molecular weight excluding hydrogens is 244 g/mol. The van der Waals surface area contributed by atoms with Crippen LogP contribution in [0.5, 0.6) is 0 Å². The van der Waals surface area contributed by atoms with Crippen LogP contribution in [0.4, 0.5) is 0 Å². The van der Waals surface area contributed by atoms with Gasteiger partial charge in [-0.15, -0.1) is 0 Å². The van der Waals surface area contributed by atoms with E-state index in [-0.39, 0.29) is 29.5 Å². The van der Waals surface area contributed by atoms with Crippen molar-refractivity contribution in [2.75, 3.05) is 26.9 Å². The summed E-state index contributed by atoms with van der Waals surface area (Å²) in [5, 5.41) is 6.37. The Kier molecular flexibility index (Phi) is 4.81. The number of morpholine rings is 1. The van der Waals surface area contributed by atoms with Gasteiger partial charge in [0.2, 0.25) is 5.91 Å². The minimum atomic E-state index is -0.207. The average Bonchev–Trinajstić information content (AvgIpc) is 2.45. The van der Waals surface area contributed by atoms with E-state index in [1.165, 1.54) is 0 Å². The molecule has 0 bridgehead atoms. The third-order valence-electron chi connectivity index (χ3n) is 4.94. The van der Waals surface area contributed by atoms with E-state index in [4.69, 9.17) is 9.47 Å². The maximum Gasteiger partial charge on any atom is 0.239 e. The standard InChI is InChI=1S/C14H26N2O3/c1-4-14(5-2)11(8-12(14)18-3)16-13(17)10-9-19-7-6-15-10/h10-12,15H,4-9H2,1-3H3,(H,16,17)/t10-,11+,12-/m0/s1. The van der Waals surface area contributed by atoms with Crippen molar-refractivity contribution < 1.29 is 14.3 Å². The fourth-order valence-electron chi connectivity index (χ4n) is 3.49. The smallest absolute Gasteiger partial charge is 0.239 e. The molecule has 0 unspecified atom stereocenters. The molecule has 110 valence electrons. The molecule has 1 heterocycles. The van der Waals surface area contributed by atoms with Gasteiger partial charge in [-0.1, -0.05) is 13.8 Å². The summed E-state index contributed by atoms with van der Waals surface area (Å²) in [5.41, 5.74) is 0.0972. The van der Waals surface area contributed by atoms with Crippen molar-refractivity contribution in [2.45, 2.75) is 51.3 Å². The molecule has 5 heteroatoms. The molecule has 2 aliphatic rings. The Bertz CT molecular complexity index is 312. The van der Waals surface area contributed by atoms with Gasteiger partial charge in [0.25, 0.3) is 0 Å². The Morgan fingerprint density at radius 2 is 2.21 bits per heavy atom. The highest BCUT2D eigenvalue weighted by Crippen LogP contribution is 2.48. The summed E-state index contributed by atoms with van der Waals surface area (Å²) in [6.07, 6.45) is 3.24. The maximum absolute atomic E-state index is 12.2. The largest absolute Gasteiger partial charge is 0.381 e. The Morgan fingerprint density at radius 3 is 2.74 bits per heavy atom. The first-order valence-corrected chi connectivity index (χ1v) is 7.32. The number of nitrogens with one attached hydrogen (secondary N) is 2. The Labute approximate surface area is 115 Å². The molecule has 1 aliphatic heterocycles. The maximum atomic E-state index is 12.2. The van der Waals surface area contributed by atoms with Crippen LogP contribution in [0.3, 0.4) is 0 Å². The summed E-state index contributed by atoms with van der Waals surface area (Å²) in [6.45, 7) is 6.26. The van der Waals surface area contributed by atoms with Gasteiger partial charge in [-0.25, -0.2) is 0 Å². The predicted octanol–water partition coefficient (Wildman–Crippen LogP) is 0.685. The van der Waals surface area contributed by atoms with Crippen molar-refractivity contribution in [3.05, 3.63) is 0 Å². The predicted molar refractivity (Wildman–Crippen MR) is 73.0 cm³/mol. The second kappa shape index (κ2) is 6.20. The SMILES string of the molecule is CCC1(CC)[C@@H](OC)C[C@H]1NC(=O)[C@@H]1COCCN1. The van der Waals surface area contributed by atoms with E-state index >= 15 is 0 Å². The van der Waals surface area contributed by atoms with Crippen LogP contribution in [0.15, 0.2) is 0 Å². The molecule has 1 aliphatic carbocycles. The fraction of sp³-hybridized carbons (Fsp3) is 0.929. The van der Waals surface area contributed by atoms with Crippen molar-refractivity contribution in [3.63, 3.8) is 0 Å². The first-order chi connectivity index (χ1) is 9.17. The highest BCUT2D eigenvalue weighted by molar-refractivity contribution is 5.82. The molecule has 0 aromatic heterocycles. The summed E-state index contributed by atoms with van der Waals surface area (Å²) in [5.74, 6) is 0.0607. The van der Waals surface area contributed by atoms with Gasteiger partial charge in [-0.2, -0.15) is 0 Å². The summed E-state index contributed by atoms with van der Waals surface area (Å²) < 4.78 is 10.9. The quantitative estimate of drug-likeness (QED) is 0.771. The van der Waals surface area contributed by atoms with Gasteiger partial charge in [0, 0.05) is 25.1 Å². The molecule has 2 fully saturated rings. The van der Waals surface area contributed by atoms with E-state index in [1.807, 2.05) is 0 Å². The first-order valence-electron chi connectivity index (χ1n) is 7.32. The van der Waals surface area contributed by atoms with Crippen molar-refractivity contribution in [3.8, 4) is 0 Å². The lowest BCUT2D eigenvalue weighted by atomic mass is 9.58. The van der Waals surface area contributed by atoms with Crippen LogP contribution in [0.1, 0.15) is 33.1 Å². The van der Waals surface area contributed by atoms with Crippen molar-refractivity contribution in [1.29, 1.82) is 0 Å². The number of carbonyl (C=O) groups is 1. The third kappa shape index (κ3) is 2.64. The van der Waals surface area contributed by atoms with E-state index in [0.717, 1.165) is 25.8 Å². The van der Waals surface area contributed by atoms with Gasteiger partial charge in [0.1, 0.15) is 6.04 Å². The lowest BCUT2D eigenvalue weighted by Crippen LogP contribution is -2.66. The summed E-state index contributed by atoms with van der Waals surface area (Å²) in [7, 11) is 1.76. The van der Waals surface area contributed by atoms with E-state index in [2.05, 4.69) is 24.5 Å². The zero-order valence-corrected chi connectivity index (χ0v) is 12.2. The molecule has 0 aromatic carbocycles. The fourth-order valence-corrected chi connectivity index (χ4v) is 3.49. The highest BCUT2D eigenvalue weighted by atomic mass is 16.5. The number of hydrogen-bond acceptors (Lipinski definition) is 4. The van der Waals surface area contributed by atoms with E-state index in [0.29, 0.717) is 13.2 Å². The van der Waals surface area contributed by atoms with Crippen LogP contribution < -0.4 is 10.6 Å². The number of methoxy groups -OCH3 is 1. The molecule has 19 heavy (non-hydrogen) atoms. The second-order valence-corrected chi connectivity index (χ2v) is 5.54. The van der Waals surface area contributed by atoms with Crippen LogP contribution >= 0.6 is 0 Å². The van der Waals surface area contributed by atoms with Crippen LogP contribution in [0.25, 0.3) is 0 Å². The van der Waals surface area contributed by atoms with Crippen molar-refractivity contribution in [1.82, 2.24) is 10.6 Å². The summed E-state index contributed by atoms with van der Waals surface area (Å²) >= 11 is 0. The summed E-state index contributed by atoms with van der Waals surface area (Å²) in [4.78, 5) is 12.2. The zero-order valence-electron chi connectivity index (χ0n) is 12.2. The molecule has 0 radical (unpaired) electrons. The molecule has 5 nitrogen and oxygen atoms in total. The molecule has 0 aromatic rings. The normalized spacial score (nSPS) is 33.5. The van der Waals surface area contributed by atoms with Gasteiger partial charge < -0.3 is 20.1 Å². The number of hydrogen-bond donors (Lipinski definition) is 2. The first kappa shape index (κ1) is 14.8. The number of rotatable bonds is 5. The van der Waals surface area contributed by atoms with Crippen LogP contribution in [0.2, 0.25) is 0 Å². The van der Waals surface area contributed by atoms with Gasteiger partial charge in [-0.3, -0.25) is 4.79 Å². The zero-order chi connectivity index (χ0) is 13.9. The van der Waals surface area contributed by atoms with Crippen LogP contribution in [-0.4, -0.2) is 51.0 Å². The Hall–Kier alpha value is -0.650. The average molecular weight is 270 g/mol. The van der Waals surface area contributed by atoms with Gasteiger partial charge in [-0.05, 0) is 19.3 Å². The lowest BCUT2D eigenvalue weighted by Gasteiger charge is -2.55. The van der Waals surface area contributed by atoms with Gasteiger partial charge in [0.15, 0.2) is 0 Å². The number of ether oxygens (including phenoxy) is 2. The molecule has 1 saturated heterocycles. The molecule has 1 saturated carbocycles. The molecule has 0 spiro atoms. The van der Waals surface area contributed by atoms with E-state index in [9.17, 15) is 4.79 Å². The third-order valence-corrected chi connectivity index (χ3v) is 4.94. The number of amides is 1. The minimum Gasteiger partial charge on any atom is -0.381 e. The molecule has 2 rings (SSSR count). The van der Waals surface area contributed by atoms with Crippen LogP contribution in [-0.2, 0) is 14.3 Å². The van der Waals surface area contributed by atoms with E-state index in [1.54, 1.807) is 7.11 Å². The second-order valence-electron chi connectivity index (χ2n) is 5.54. The minimum absolute atomic E-state index is 0.0607. The monoisotopic (exact) mass is 270 g/mol. The van der Waals surface area contributed by atoms with Crippen molar-refractivity contribution >= 4 is 5.91 Å². The lowest BCUT2D eigenvalue weighted by molar-refractivity contribution is -0.144.